The van der Waals surface area contributed by atoms with Crippen LogP contribution in [0.4, 0.5) is 0 Å². The minimum atomic E-state index is -0.882. The normalized spacial score (nSPS) is 14.3. The second-order valence-corrected chi connectivity index (χ2v) is 4.66. The summed E-state index contributed by atoms with van der Waals surface area (Å²) >= 11 is 0. The van der Waals surface area contributed by atoms with Crippen molar-refractivity contribution in [2.75, 3.05) is 0 Å². The van der Waals surface area contributed by atoms with Crippen molar-refractivity contribution in [3.05, 3.63) is 54.1 Å². The van der Waals surface area contributed by atoms with Crippen LogP contribution in [0.3, 0.4) is 0 Å². The predicted octanol–water partition coefficient (Wildman–Crippen LogP) is 1.93. The average molecular weight is 260 g/mol. The van der Waals surface area contributed by atoms with Crippen molar-refractivity contribution in [1.82, 2.24) is 9.55 Å². The van der Waals surface area contributed by atoms with E-state index in [1.807, 2.05) is 41.1 Å². The van der Waals surface area contributed by atoms with E-state index in [2.05, 4.69) is 11.9 Å². The van der Waals surface area contributed by atoms with Crippen molar-refractivity contribution in [2.45, 2.75) is 38.5 Å². The summed E-state index contributed by atoms with van der Waals surface area (Å²) in [5.74, 6) is 0.810. The van der Waals surface area contributed by atoms with Gasteiger partial charge in [0.1, 0.15) is 11.9 Å². The zero-order chi connectivity index (χ0) is 13.7. The van der Waals surface area contributed by atoms with Crippen LogP contribution in [-0.4, -0.2) is 25.9 Å². The van der Waals surface area contributed by atoms with Crippen LogP contribution >= 0.6 is 0 Å². The Morgan fingerprint density at radius 2 is 1.95 bits per heavy atom. The molecule has 0 aliphatic rings. The van der Waals surface area contributed by atoms with Gasteiger partial charge in [-0.25, -0.2) is 4.98 Å². The van der Waals surface area contributed by atoms with E-state index in [9.17, 15) is 10.2 Å². The molecule has 102 valence electrons. The smallest absolute Gasteiger partial charge is 0.111 e. The Labute approximate surface area is 113 Å². The fourth-order valence-electron chi connectivity index (χ4n) is 2.15. The summed E-state index contributed by atoms with van der Waals surface area (Å²) in [6, 6.07) is 9.21. The molecule has 1 aromatic heterocycles. The van der Waals surface area contributed by atoms with Crippen LogP contribution in [0.15, 0.2) is 42.7 Å². The Morgan fingerprint density at radius 1 is 1.21 bits per heavy atom. The first-order valence-electron chi connectivity index (χ1n) is 6.63. The third-order valence-corrected chi connectivity index (χ3v) is 3.16. The maximum Gasteiger partial charge on any atom is 0.111 e. The number of aromatic nitrogens is 2. The Bertz CT molecular complexity index is 496. The molecule has 0 amide bonds. The highest BCUT2D eigenvalue weighted by Gasteiger charge is 2.20. The number of hydrogen-bond acceptors (Lipinski definition) is 3. The van der Waals surface area contributed by atoms with Crippen molar-refractivity contribution in [1.29, 1.82) is 0 Å². The van der Waals surface area contributed by atoms with Gasteiger partial charge >= 0.3 is 0 Å². The van der Waals surface area contributed by atoms with E-state index < -0.39 is 12.2 Å². The molecule has 0 aliphatic carbocycles. The molecule has 2 atom stereocenters. The summed E-state index contributed by atoms with van der Waals surface area (Å²) < 4.78 is 2.01. The van der Waals surface area contributed by atoms with Gasteiger partial charge in [0.15, 0.2) is 0 Å². The lowest BCUT2D eigenvalue weighted by molar-refractivity contribution is 0.0173. The fourth-order valence-corrected chi connectivity index (χ4v) is 2.15. The monoisotopic (exact) mass is 260 g/mol. The lowest BCUT2D eigenvalue weighted by Gasteiger charge is -2.18. The largest absolute Gasteiger partial charge is 0.390 e. The fraction of sp³-hybridized carbons (Fsp3) is 0.400. The zero-order valence-corrected chi connectivity index (χ0v) is 11.1. The summed E-state index contributed by atoms with van der Waals surface area (Å²) in [6.07, 6.45) is 3.27. The average Bonchev–Trinajstić information content (AvgIpc) is 2.86. The number of nitrogens with zero attached hydrogens (tertiary/aromatic N) is 2. The second-order valence-electron chi connectivity index (χ2n) is 4.66. The van der Waals surface area contributed by atoms with E-state index in [4.69, 9.17) is 0 Å². The van der Waals surface area contributed by atoms with Gasteiger partial charge in [0, 0.05) is 25.4 Å². The third-order valence-electron chi connectivity index (χ3n) is 3.16. The first kappa shape index (κ1) is 13.8. The van der Waals surface area contributed by atoms with Gasteiger partial charge < -0.3 is 14.8 Å². The molecule has 0 spiro atoms. The quantitative estimate of drug-likeness (QED) is 0.834. The predicted molar refractivity (Wildman–Crippen MR) is 73.6 cm³/mol. The second kappa shape index (κ2) is 6.50. The molecule has 0 saturated carbocycles. The molecule has 0 saturated heterocycles. The van der Waals surface area contributed by atoms with Crippen molar-refractivity contribution in [2.24, 2.45) is 0 Å². The summed E-state index contributed by atoms with van der Waals surface area (Å²) in [4.78, 5) is 4.24. The molecule has 2 rings (SSSR count). The van der Waals surface area contributed by atoms with E-state index in [0.29, 0.717) is 6.42 Å². The molecule has 4 nitrogen and oxygen atoms in total. The van der Waals surface area contributed by atoms with Crippen molar-refractivity contribution >= 4 is 0 Å². The lowest BCUT2D eigenvalue weighted by Crippen LogP contribution is -2.22. The molecule has 0 radical (unpaired) electrons. The van der Waals surface area contributed by atoms with Crippen molar-refractivity contribution in [3.63, 3.8) is 0 Å². The van der Waals surface area contributed by atoms with Gasteiger partial charge in [0.2, 0.25) is 0 Å². The SMILES string of the molecule is CCCn1ccnc1CC(O)C(O)c1ccccc1. The van der Waals surface area contributed by atoms with Gasteiger partial charge in [-0.2, -0.15) is 0 Å². The summed E-state index contributed by atoms with van der Waals surface area (Å²) in [5.41, 5.74) is 0.726. The number of benzene rings is 1. The molecular weight excluding hydrogens is 240 g/mol. The Balaban J connectivity index is 2.04. The Hall–Kier alpha value is -1.65. The van der Waals surface area contributed by atoms with E-state index in [0.717, 1.165) is 24.4 Å². The van der Waals surface area contributed by atoms with Crippen molar-refractivity contribution < 1.29 is 10.2 Å². The molecule has 19 heavy (non-hydrogen) atoms. The highest BCUT2D eigenvalue weighted by molar-refractivity contribution is 5.18. The molecule has 2 unspecified atom stereocenters. The standard InChI is InChI=1S/C15H20N2O2/c1-2-9-17-10-8-16-14(17)11-13(18)15(19)12-6-4-3-5-7-12/h3-8,10,13,15,18-19H,2,9,11H2,1H3. The van der Waals surface area contributed by atoms with Crippen LogP contribution < -0.4 is 0 Å². The molecular formula is C15H20N2O2. The molecule has 2 N–H and O–H groups in total. The molecule has 4 heteroatoms. The van der Waals surface area contributed by atoms with Crippen molar-refractivity contribution in [3.8, 4) is 0 Å². The van der Waals surface area contributed by atoms with Gasteiger partial charge in [-0.05, 0) is 12.0 Å². The Morgan fingerprint density at radius 3 is 2.63 bits per heavy atom. The van der Waals surface area contributed by atoms with Crippen LogP contribution in [0.2, 0.25) is 0 Å². The number of hydrogen-bond donors (Lipinski definition) is 2. The van der Waals surface area contributed by atoms with Gasteiger partial charge in [-0.3, -0.25) is 0 Å². The van der Waals surface area contributed by atoms with Gasteiger partial charge in [0.05, 0.1) is 6.10 Å². The number of aryl methyl sites for hydroxylation is 1. The molecule has 1 heterocycles. The molecule has 1 aromatic carbocycles. The highest BCUT2D eigenvalue weighted by Crippen LogP contribution is 2.19. The first-order chi connectivity index (χ1) is 9.22. The zero-order valence-electron chi connectivity index (χ0n) is 11.1. The topological polar surface area (TPSA) is 58.3 Å². The van der Waals surface area contributed by atoms with Crippen LogP contribution in [0.5, 0.6) is 0 Å². The van der Waals surface area contributed by atoms with Crippen LogP contribution in [-0.2, 0) is 13.0 Å². The van der Waals surface area contributed by atoms with Crippen LogP contribution in [0.1, 0.15) is 30.8 Å². The van der Waals surface area contributed by atoms with E-state index in [-0.39, 0.29) is 0 Å². The minimum absolute atomic E-state index is 0.350. The highest BCUT2D eigenvalue weighted by atomic mass is 16.3. The summed E-state index contributed by atoms with van der Waals surface area (Å²) in [5, 5.41) is 20.3. The third kappa shape index (κ3) is 3.43. The number of rotatable bonds is 6. The summed E-state index contributed by atoms with van der Waals surface area (Å²) in [7, 11) is 0. The lowest BCUT2D eigenvalue weighted by atomic mass is 10.0. The summed E-state index contributed by atoms with van der Waals surface area (Å²) in [6.45, 7) is 2.97. The first-order valence-corrected chi connectivity index (χ1v) is 6.63. The van der Waals surface area contributed by atoms with E-state index in [1.54, 1.807) is 6.20 Å². The molecule has 2 aromatic rings. The van der Waals surface area contributed by atoms with E-state index in [1.165, 1.54) is 0 Å². The maximum atomic E-state index is 10.1. The Kier molecular flexibility index (Phi) is 4.71. The van der Waals surface area contributed by atoms with E-state index >= 15 is 0 Å². The molecule has 0 aliphatic heterocycles. The van der Waals surface area contributed by atoms with Crippen LogP contribution in [0, 0.1) is 0 Å². The van der Waals surface area contributed by atoms with Gasteiger partial charge in [0.25, 0.3) is 0 Å². The van der Waals surface area contributed by atoms with Gasteiger partial charge in [-0.15, -0.1) is 0 Å². The van der Waals surface area contributed by atoms with Gasteiger partial charge in [-0.1, -0.05) is 37.3 Å². The number of aliphatic hydroxyl groups excluding tert-OH is 2. The minimum Gasteiger partial charge on any atom is -0.390 e. The number of imidazole rings is 1. The molecule has 0 fully saturated rings. The number of aliphatic hydroxyl groups is 2. The van der Waals surface area contributed by atoms with Crippen LogP contribution in [0.25, 0.3) is 0 Å². The molecule has 0 bridgehead atoms. The maximum absolute atomic E-state index is 10.1.